The molecule has 0 radical (unpaired) electrons. The van der Waals surface area contributed by atoms with Crippen molar-refractivity contribution in [2.45, 2.75) is 31.8 Å². The van der Waals surface area contributed by atoms with Crippen LogP contribution in [0.25, 0.3) is 11.0 Å². The number of furan rings is 1. The van der Waals surface area contributed by atoms with E-state index in [9.17, 15) is 5.11 Å². The number of rotatable bonds is 1. The molecule has 0 amide bonds. The Hall–Kier alpha value is -1.54. The van der Waals surface area contributed by atoms with Gasteiger partial charge in [-0.05, 0) is 50.5 Å². The molecule has 1 aromatic carbocycles. The first kappa shape index (κ1) is 10.6. The molecule has 1 aliphatic carbocycles. The number of fused-ring (bicyclic) bond motifs is 1. The van der Waals surface area contributed by atoms with Gasteiger partial charge in [-0.2, -0.15) is 0 Å². The van der Waals surface area contributed by atoms with Gasteiger partial charge < -0.3 is 9.52 Å². The van der Waals surface area contributed by atoms with Crippen molar-refractivity contribution in [1.29, 1.82) is 0 Å². The molecular weight excluding hydrogens is 212 g/mol. The van der Waals surface area contributed by atoms with Crippen LogP contribution in [0, 0.1) is 6.92 Å². The maximum absolute atomic E-state index is 10.5. The zero-order chi connectivity index (χ0) is 11.9. The summed E-state index contributed by atoms with van der Waals surface area (Å²) < 4.78 is 5.76. The Kier molecular flexibility index (Phi) is 2.33. The third-order valence-electron chi connectivity index (χ3n) is 3.42. The van der Waals surface area contributed by atoms with Gasteiger partial charge in [0, 0.05) is 5.39 Å². The van der Waals surface area contributed by atoms with E-state index < -0.39 is 5.60 Å². The molecule has 1 unspecified atom stereocenters. The Morgan fingerprint density at radius 1 is 1.29 bits per heavy atom. The van der Waals surface area contributed by atoms with E-state index in [1.807, 2.05) is 30.4 Å². The first-order chi connectivity index (χ1) is 8.17. The summed E-state index contributed by atoms with van der Waals surface area (Å²) in [5.74, 6) is 0.661. The lowest BCUT2D eigenvalue weighted by Crippen LogP contribution is -2.23. The van der Waals surface area contributed by atoms with E-state index in [0.717, 1.165) is 30.2 Å². The third-order valence-corrected chi connectivity index (χ3v) is 3.42. The smallest absolute Gasteiger partial charge is 0.140 e. The Balaban J connectivity index is 2.11. The summed E-state index contributed by atoms with van der Waals surface area (Å²) in [4.78, 5) is 0. The minimum Gasteiger partial charge on any atom is -0.458 e. The molecule has 17 heavy (non-hydrogen) atoms. The Morgan fingerprint density at radius 3 is 2.94 bits per heavy atom. The fourth-order valence-corrected chi connectivity index (χ4v) is 2.43. The number of allylic oxidation sites excluding steroid dienone is 1. The molecule has 0 saturated carbocycles. The summed E-state index contributed by atoms with van der Waals surface area (Å²) in [5, 5.41) is 11.6. The van der Waals surface area contributed by atoms with Crippen molar-refractivity contribution in [2.75, 3.05) is 0 Å². The van der Waals surface area contributed by atoms with Crippen molar-refractivity contribution in [1.82, 2.24) is 0 Å². The zero-order valence-electron chi connectivity index (χ0n) is 9.94. The molecule has 1 aliphatic rings. The number of aliphatic hydroxyl groups is 1. The highest BCUT2D eigenvalue weighted by molar-refractivity contribution is 5.79. The first-order valence-electron chi connectivity index (χ1n) is 6.08. The van der Waals surface area contributed by atoms with Gasteiger partial charge in [-0.3, -0.25) is 0 Å². The van der Waals surface area contributed by atoms with E-state index in [1.165, 1.54) is 5.56 Å². The SMILES string of the molecule is Cc1ccc2oc(C3(O)C=CCCC3)cc2c1. The fraction of sp³-hybridized carbons (Fsp3) is 0.333. The molecule has 2 aromatic rings. The van der Waals surface area contributed by atoms with Gasteiger partial charge in [0.25, 0.3) is 0 Å². The highest BCUT2D eigenvalue weighted by Crippen LogP contribution is 2.35. The van der Waals surface area contributed by atoms with Crippen LogP contribution in [0.5, 0.6) is 0 Å². The number of hydrogen-bond acceptors (Lipinski definition) is 2. The summed E-state index contributed by atoms with van der Waals surface area (Å²) in [6.07, 6.45) is 6.68. The van der Waals surface area contributed by atoms with Crippen LogP contribution in [0.3, 0.4) is 0 Å². The largest absolute Gasteiger partial charge is 0.458 e. The lowest BCUT2D eigenvalue weighted by molar-refractivity contribution is 0.0511. The summed E-state index contributed by atoms with van der Waals surface area (Å²) >= 11 is 0. The molecule has 2 nitrogen and oxygen atoms in total. The van der Waals surface area contributed by atoms with Gasteiger partial charge in [-0.25, -0.2) is 0 Å². The predicted octanol–water partition coefficient (Wildman–Crippen LogP) is 3.67. The lowest BCUT2D eigenvalue weighted by Gasteiger charge is -2.24. The monoisotopic (exact) mass is 228 g/mol. The summed E-state index contributed by atoms with van der Waals surface area (Å²) in [5.41, 5.74) is 1.14. The number of aryl methyl sites for hydroxylation is 1. The first-order valence-corrected chi connectivity index (χ1v) is 6.08. The third kappa shape index (κ3) is 1.79. The lowest BCUT2D eigenvalue weighted by atomic mass is 9.89. The van der Waals surface area contributed by atoms with Crippen LogP contribution in [0.1, 0.15) is 30.6 Å². The van der Waals surface area contributed by atoms with Crippen LogP contribution in [0.4, 0.5) is 0 Å². The van der Waals surface area contributed by atoms with Crippen LogP contribution in [0.2, 0.25) is 0 Å². The van der Waals surface area contributed by atoms with Crippen molar-refractivity contribution in [2.24, 2.45) is 0 Å². The van der Waals surface area contributed by atoms with Crippen LogP contribution in [-0.4, -0.2) is 5.11 Å². The van der Waals surface area contributed by atoms with Crippen LogP contribution in [-0.2, 0) is 5.60 Å². The topological polar surface area (TPSA) is 33.4 Å². The Bertz CT molecular complexity index is 580. The van der Waals surface area contributed by atoms with Crippen molar-refractivity contribution < 1.29 is 9.52 Å². The summed E-state index contributed by atoms with van der Waals surface area (Å²) in [6, 6.07) is 8.02. The van der Waals surface area contributed by atoms with Crippen LogP contribution < -0.4 is 0 Å². The molecule has 88 valence electrons. The van der Waals surface area contributed by atoms with Crippen molar-refractivity contribution >= 4 is 11.0 Å². The number of hydrogen-bond donors (Lipinski definition) is 1. The summed E-state index contributed by atoms with van der Waals surface area (Å²) in [7, 11) is 0. The standard InChI is InChI=1S/C15H16O2/c1-11-5-6-13-12(9-11)10-14(17-13)15(16)7-3-2-4-8-15/h3,5-7,9-10,16H,2,4,8H2,1H3. The van der Waals surface area contributed by atoms with Gasteiger partial charge in [-0.1, -0.05) is 17.7 Å². The Labute approximate surface area is 101 Å². The predicted molar refractivity (Wildman–Crippen MR) is 67.8 cm³/mol. The van der Waals surface area contributed by atoms with Gasteiger partial charge in [0.15, 0.2) is 0 Å². The molecule has 2 heteroatoms. The van der Waals surface area contributed by atoms with Crippen molar-refractivity contribution in [3.05, 3.63) is 47.7 Å². The van der Waals surface area contributed by atoms with Gasteiger partial charge in [0.2, 0.25) is 0 Å². The van der Waals surface area contributed by atoms with Crippen LogP contribution >= 0.6 is 0 Å². The highest BCUT2D eigenvalue weighted by Gasteiger charge is 2.31. The van der Waals surface area contributed by atoms with Gasteiger partial charge in [-0.15, -0.1) is 0 Å². The second-order valence-electron chi connectivity index (χ2n) is 4.87. The quantitative estimate of drug-likeness (QED) is 0.755. The molecule has 0 saturated heterocycles. The van der Waals surface area contributed by atoms with E-state index >= 15 is 0 Å². The van der Waals surface area contributed by atoms with E-state index in [1.54, 1.807) is 0 Å². The van der Waals surface area contributed by atoms with E-state index in [2.05, 4.69) is 13.0 Å². The molecule has 0 spiro atoms. The molecule has 1 atom stereocenters. The second-order valence-corrected chi connectivity index (χ2v) is 4.87. The maximum Gasteiger partial charge on any atom is 0.140 e. The molecule has 3 rings (SSSR count). The molecule has 1 aromatic heterocycles. The Morgan fingerprint density at radius 2 is 2.18 bits per heavy atom. The molecule has 1 N–H and O–H groups in total. The molecular formula is C15H16O2. The van der Waals surface area contributed by atoms with Crippen molar-refractivity contribution in [3.8, 4) is 0 Å². The molecule has 1 heterocycles. The van der Waals surface area contributed by atoms with Gasteiger partial charge in [0.05, 0.1) is 0 Å². The number of benzene rings is 1. The molecule has 0 aliphatic heterocycles. The molecule has 0 fully saturated rings. The average molecular weight is 228 g/mol. The second kappa shape index (κ2) is 3.74. The summed E-state index contributed by atoms with van der Waals surface area (Å²) in [6.45, 7) is 2.06. The fourth-order valence-electron chi connectivity index (χ4n) is 2.43. The van der Waals surface area contributed by atoms with E-state index in [-0.39, 0.29) is 0 Å². The van der Waals surface area contributed by atoms with Gasteiger partial charge >= 0.3 is 0 Å². The average Bonchev–Trinajstić information content (AvgIpc) is 2.73. The van der Waals surface area contributed by atoms with E-state index in [4.69, 9.17) is 4.42 Å². The van der Waals surface area contributed by atoms with Gasteiger partial charge in [0.1, 0.15) is 16.9 Å². The minimum absolute atomic E-state index is 0.661. The maximum atomic E-state index is 10.5. The van der Waals surface area contributed by atoms with Crippen LogP contribution in [0.15, 0.2) is 40.8 Å². The molecule has 0 bridgehead atoms. The minimum atomic E-state index is -0.912. The van der Waals surface area contributed by atoms with E-state index in [0.29, 0.717) is 5.76 Å². The zero-order valence-corrected chi connectivity index (χ0v) is 9.94. The highest BCUT2D eigenvalue weighted by atomic mass is 16.4. The normalized spacial score (nSPS) is 24.4. The van der Waals surface area contributed by atoms with Crippen molar-refractivity contribution in [3.63, 3.8) is 0 Å².